The average molecular weight is 320 g/mol. The predicted octanol–water partition coefficient (Wildman–Crippen LogP) is 4.53. The fourth-order valence-electron chi connectivity index (χ4n) is 1.80. The van der Waals surface area contributed by atoms with Crippen LogP contribution in [0.15, 0.2) is 42.5 Å². The van der Waals surface area contributed by atoms with Crippen LogP contribution in [-0.4, -0.2) is 18.1 Å². The second-order valence-electron chi connectivity index (χ2n) is 4.21. The van der Waals surface area contributed by atoms with Gasteiger partial charge in [-0.1, -0.05) is 22.9 Å². The van der Waals surface area contributed by atoms with E-state index >= 15 is 0 Å². The van der Waals surface area contributed by atoms with Gasteiger partial charge in [0.25, 0.3) is 5.19 Å². The summed E-state index contributed by atoms with van der Waals surface area (Å²) >= 11 is 7.36. The lowest BCUT2D eigenvalue weighted by Crippen LogP contribution is -2.00. The van der Waals surface area contributed by atoms with Crippen molar-refractivity contribution in [2.45, 2.75) is 0 Å². The molecule has 0 aliphatic carbocycles. The number of aromatic nitrogens is 1. The van der Waals surface area contributed by atoms with E-state index in [0.29, 0.717) is 21.5 Å². The fourth-order valence-corrected chi connectivity index (χ4v) is 2.91. The monoisotopic (exact) mass is 319 g/mol. The molecule has 2 aromatic carbocycles. The number of methoxy groups -OCH3 is 1. The number of thiazole rings is 1. The van der Waals surface area contributed by atoms with Crippen LogP contribution in [0.25, 0.3) is 10.2 Å². The van der Waals surface area contributed by atoms with Gasteiger partial charge in [0.1, 0.15) is 5.75 Å². The van der Waals surface area contributed by atoms with Crippen LogP contribution in [-0.2, 0) is 4.74 Å². The SMILES string of the molecule is COC(=O)c1ccc(Oc2nc3ccc(Cl)cc3s2)cc1. The Labute approximate surface area is 129 Å². The normalized spacial score (nSPS) is 10.6. The van der Waals surface area contributed by atoms with Gasteiger partial charge in [0.05, 0.1) is 22.9 Å². The molecule has 0 radical (unpaired) electrons. The molecule has 0 fully saturated rings. The van der Waals surface area contributed by atoms with Crippen molar-refractivity contribution in [2.24, 2.45) is 0 Å². The van der Waals surface area contributed by atoms with Crippen LogP contribution in [0.3, 0.4) is 0 Å². The van der Waals surface area contributed by atoms with E-state index in [2.05, 4.69) is 9.72 Å². The molecule has 21 heavy (non-hydrogen) atoms. The highest BCUT2D eigenvalue weighted by Crippen LogP contribution is 2.32. The highest BCUT2D eigenvalue weighted by atomic mass is 35.5. The van der Waals surface area contributed by atoms with Gasteiger partial charge in [-0.05, 0) is 42.5 Å². The summed E-state index contributed by atoms with van der Waals surface area (Å²) in [6.07, 6.45) is 0. The molecular formula is C15H10ClNO3S. The summed E-state index contributed by atoms with van der Waals surface area (Å²) < 4.78 is 11.3. The summed E-state index contributed by atoms with van der Waals surface area (Å²) in [6, 6.07) is 12.2. The van der Waals surface area contributed by atoms with Gasteiger partial charge in [-0.3, -0.25) is 0 Å². The van der Waals surface area contributed by atoms with Crippen molar-refractivity contribution in [3.05, 3.63) is 53.1 Å². The first-order valence-electron chi connectivity index (χ1n) is 6.08. The molecule has 1 heterocycles. The van der Waals surface area contributed by atoms with Crippen molar-refractivity contribution in [2.75, 3.05) is 7.11 Å². The molecule has 0 bridgehead atoms. The highest BCUT2D eigenvalue weighted by Gasteiger charge is 2.08. The summed E-state index contributed by atoms with van der Waals surface area (Å²) in [4.78, 5) is 15.7. The van der Waals surface area contributed by atoms with E-state index in [4.69, 9.17) is 16.3 Å². The Bertz CT molecular complexity index is 798. The van der Waals surface area contributed by atoms with E-state index in [1.165, 1.54) is 18.4 Å². The second kappa shape index (κ2) is 5.71. The Kier molecular flexibility index (Phi) is 3.77. The molecule has 1 aromatic heterocycles. The summed E-state index contributed by atoms with van der Waals surface area (Å²) in [5, 5.41) is 1.19. The molecule has 0 aliphatic rings. The van der Waals surface area contributed by atoms with Gasteiger partial charge in [0.15, 0.2) is 0 Å². The molecule has 0 atom stereocenters. The number of nitrogens with zero attached hydrogens (tertiary/aromatic N) is 1. The van der Waals surface area contributed by atoms with Crippen molar-refractivity contribution >= 4 is 39.1 Å². The second-order valence-corrected chi connectivity index (χ2v) is 5.64. The highest BCUT2D eigenvalue weighted by molar-refractivity contribution is 7.20. The number of esters is 1. The van der Waals surface area contributed by atoms with Crippen molar-refractivity contribution < 1.29 is 14.3 Å². The first kappa shape index (κ1) is 13.9. The number of halogens is 1. The minimum Gasteiger partial charge on any atom is -0.465 e. The number of carbonyl (C=O) groups is 1. The smallest absolute Gasteiger partial charge is 0.337 e. The van der Waals surface area contributed by atoms with Gasteiger partial charge in [0, 0.05) is 5.02 Å². The Morgan fingerprint density at radius 2 is 1.95 bits per heavy atom. The molecule has 0 unspecified atom stereocenters. The maximum atomic E-state index is 11.3. The number of hydrogen-bond donors (Lipinski definition) is 0. The molecule has 0 aliphatic heterocycles. The largest absolute Gasteiger partial charge is 0.465 e. The maximum absolute atomic E-state index is 11.3. The molecule has 0 saturated carbocycles. The molecule has 3 aromatic rings. The Balaban J connectivity index is 1.83. The van der Waals surface area contributed by atoms with Gasteiger partial charge in [0.2, 0.25) is 0 Å². The van der Waals surface area contributed by atoms with Gasteiger partial charge >= 0.3 is 5.97 Å². The maximum Gasteiger partial charge on any atom is 0.337 e. The van der Waals surface area contributed by atoms with Crippen molar-refractivity contribution in [3.8, 4) is 10.9 Å². The van der Waals surface area contributed by atoms with Crippen LogP contribution in [0.2, 0.25) is 5.02 Å². The molecule has 0 N–H and O–H groups in total. The fraction of sp³-hybridized carbons (Fsp3) is 0.0667. The number of ether oxygens (including phenoxy) is 2. The summed E-state index contributed by atoms with van der Waals surface area (Å²) in [5.41, 5.74) is 1.31. The van der Waals surface area contributed by atoms with E-state index in [9.17, 15) is 4.79 Å². The molecule has 0 amide bonds. The minimum atomic E-state index is -0.379. The van der Waals surface area contributed by atoms with Crippen molar-refractivity contribution in [3.63, 3.8) is 0 Å². The van der Waals surface area contributed by atoms with Crippen molar-refractivity contribution in [1.29, 1.82) is 0 Å². The van der Waals surface area contributed by atoms with Crippen LogP contribution in [0, 0.1) is 0 Å². The Hall–Kier alpha value is -2.11. The lowest BCUT2D eigenvalue weighted by molar-refractivity contribution is 0.0600. The number of carbonyl (C=O) groups excluding carboxylic acids is 1. The molecule has 0 saturated heterocycles. The van der Waals surface area contributed by atoms with E-state index in [1.54, 1.807) is 30.3 Å². The molecule has 4 nitrogen and oxygen atoms in total. The Morgan fingerprint density at radius 1 is 1.19 bits per heavy atom. The summed E-state index contributed by atoms with van der Waals surface area (Å²) in [7, 11) is 1.35. The van der Waals surface area contributed by atoms with Crippen LogP contribution in [0.5, 0.6) is 10.9 Å². The number of rotatable bonds is 3. The third-order valence-corrected chi connectivity index (χ3v) is 3.94. The van der Waals surface area contributed by atoms with E-state index in [0.717, 1.165) is 10.2 Å². The minimum absolute atomic E-state index is 0.379. The number of benzene rings is 2. The van der Waals surface area contributed by atoms with Crippen LogP contribution in [0.4, 0.5) is 0 Å². The molecular weight excluding hydrogens is 310 g/mol. The van der Waals surface area contributed by atoms with Crippen LogP contribution < -0.4 is 4.74 Å². The van der Waals surface area contributed by atoms with Gasteiger partial charge in [-0.15, -0.1) is 0 Å². The van der Waals surface area contributed by atoms with Crippen LogP contribution >= 0.6 is 22.9 Å². The number of fused-ring (bicyclic) bond motifs is 1. The standard InChI is InChI=1S/C15H10ClNO3S/c1-19-14(18)9-2-5-11(6-3-9)20-15-17-12-7-4-10(16)8-13(12)21-15/h2-8H,1H3. The zero-order valence-corrected chi connectivity index (χ0v) is 12.6. The van der Waals surface area contributed by atoms with Gasteiger partial charge in [-0.25, -0.2) is 9.78 Å². The predicted molar refractivity (Wildman–Crippen MR) is 82.5 cm³/mol. The third kappa shape index (κ3) is 2.99. The van der Waals surface area contributed by atoms with E-state index in [-0.39, 0.29) is 5.97 Å². The molecule has 6 heteroatoms. The lowest BCUT2D eigenvalue weighted by Gasteiger charge is -2.02. The first-order valence-corrected chi connectivity index (χ1v) is 7.27. The zero-order chi connectivity index (χ0) is 14.8. The molecule has 0 spiro atoms. The Morgan fingerprint density at radius 3 is 2.67 bits per heavy atom. The molecule has 106 valence electrons. The quantitative estimate of drug-likeness (QED) is 0.665. The van der Waals surface area contributed by atoms with Gasteiger partial charge < -0.3 is 9.47 Å². The summed E-state index contributed by atoms with van der Waals surface area (Å²) in [5.74, 6) is 0.226. The van der Waals surface area contributed by atoms with E-state index < -0.39 is 0 Å². The zero-order valence-electron chi connectivity index (χ0n) is 11.0. The van der Waals surface area contributed by atoms with E-state index in [1.807, 2.05) is 12.1 Å². The summed E-state index contributed by atoms with van der Waals surface area (Å²) in [6.45, 7) is 0. The third-order valence-electron chi connectivity index (χ3n) is 2.81. The van der Waals surface area contributed by atoms with Crippen LogP contribution in [0.1, 0.15) is 10.4 Å². The average Bonchev–Trinajstić information content (AvgIpc) is 2.88. The van der Waals surface area contributed by atoms with Crippen molar-refractivity contribution in [1.82, 2.24) is 4.98 Å². The topological polar surface area (TPSA) is 48.4 Å². The number of hydrogen-bond acceptors (Lipinski definition) is 5. The van der Waals surface area contributed by atoms with Gasteiger partial charge in [-0.2, -0.15) is 0 Å². The first-order chi connectivity index (χ1) is 10.2. The lowest BCUT2D eigenvalue weighted by atomic mass is 10.2. The molecule has 3 rings (SSSR count).